The molecule has 0 aliphatic carbocycles. The number of ether oxygens (including phenoxy) is 4. The number of hydrogen-bond donors (Lipinski definition) is 8. The van der Waals surface area contributed by atoms with E-state index in [9.17, 15) is 50.4 Å². The molecule has 2 aromatic carbocycles. The van der Waals surface area contributed by atoms with Crippen LogP contribution < -0.4 is 9.47 Å². The smallest absolute Gasteiger partial charge is 0.233 e. The van der Waals surface area contributed by atoms with Gasteiger partial charge in [-0.25, -0.2) is 0 Å². The Labute approximate surface area is 227 Å². The van der Waals surface area contributed by atoms with Crippen molar-refractivity contribution in [1.29, 1.82) is 0 Å². The van der Waals surface area contributed by atoms with Crippen LogP contribution in [0.5, 0.6) is 11.5 Å². The molecule has 10 atom stereocenters. The SMILES string of the molecule is O=C(C(=O)c1ccc(O[C@@H]2O[C@H](CO)[C@@H](O)[C@H](O)[C@H]2O)cc1)c1ccc(O[C@@H]2O[C@H](CO)[C@@H](O)[C@H](O)[C@H]2O)cc1. The molecule has 2 aromatic rings. The van der Waals surface area contributed by atoms with E-state index in [2.05, 4.69) is 0 Å². The maximum absolute atomic E-state index is 12.7. The fourth-order valence-electron chi connectivity index (χ4n) is 4.23. The average molecular weight is 567 g/mol. The van der Waals surface area contributed by atoms with E-state index in [0.29, 0.717) is 0 Å². The van der Waals surface area contributed by atoms with Gasteiger partial charge >= 0.3 is 0 Å². The number of carbonyl (C=O) groups excluding carboxylic acids is 2. The van der Waals surface area contributed by atoms with Crippen LogP contribution in [0.2, 0.25) is 0 Å². The molecule has 0 saturated carbocycles. The van der Waals surface area contributed by atoms with Crippen molar-refractivity contribution in [2.75, 3.05) is 13.2 Å². The van der Waals surface area contributed by atoms with Crippen LogP contribution in [0, 0.1) is 0 Å². The van der Waals surface area contributed by atoms with Crippen molar-refractivity contribution in [3.63, 3.8) is 0 Å². The summed E-state index contributed by atoms with van der Waals surface area (Å²) in [6, 6.07) is 10.5. The molecule has 2 aliphatic rings. The Morgan fingerprint density at radius 1 is 0.550 bits per heavy atom. The summed E-state index contributed by atoms with van der Waals surface area (Å²) < 4.78 is 21.5. The number of carbonyl (C=O) groups is 2. The van der Waals surface area contributed by atoms with E-state index in [0.717, 1.165) is 0 Å². The average Bonchev–Trinajstić information content (AvgIpc) is 2.97. The second-order valence-corrected chi connectivity index (χ2v) is 9.34. The van der Waals surface area contributed by atoms with E-state index in [1.54, 1.807) is 0 Å². The van der Waals surface area contributed by atoms with Crippen molar-refractivity contribution in [2.45, 2.75) is 61.4 Å². The largest absolute Gasteiger partial charge is 0.462 e. The summed E-state index contributed by atoms with van der Waals surface area (Å²) in [6.45, 7) is -1.25. The molecule has 14 nitrogen and oxygen atoms in total. The van der Waals surface area contributed by atoms with Crippen molar-refractivity contribution in [3.05, 3.63) is 59.7 Å². The van der Waals surface area contributed by atoms with Gasteiger partial charge in [0.25, 0.3) is 0 Å². The Morgan fingerprint density at radius 3 is 1.18 bits per heavy atom. The van der Waals surface area contributed by atoms with Gasteiger partial charge in [0.2, 0.25) is 24.1 Å². The maximum Gasteiger partial charge on any atom is 0.233 e. The molecule has 0 radical (unpaired) electrons. The zero-order valence-corrected chi connectivity index (χ0v) is 20.8. The number of benzene rings is 2. The Bertz CT molecular complexity index is 1060. The topological polar surface area (TPSA) is 233 Å². The Balaban J connectivity index is 1.37. The first-order chi connectivity index (χ1) is 19.0. The molecule has 14 heteroatoms. The Kier molecular flexibility index (Phi) is 9.48. The molecule has 0 bridgehead atoms. The molecule has 0 amide bonds. The third-order valence-corrected chi connectivity index (χ3v) is 6.64. The lowest BCUT2D eigenvalue weighted by Gasteiger charge is -2.39. The van der Waals surface area contributed by atoms with E-state index in [4.69, 9.17) is 18.9 Å². The number of Topliss-reactive ketones (excluding diaryl/α,β-unsaturated/α-hetero) is 2. The van der Waals surface area contributed by atoms with Crippen molar-refractivity contribution < 1.29 is 69.4 Å². The highest BCUT2D eigenvalue weighted by Crippen LogP contribution is 2.26. The third-order valence-electron chi connectivity index (χ3n) is 6.64. The van der Waals surface area contributed by atoms with Gasteiger partial charge in [-0.2, -0.15) is 0 Å². The quantitative estimate of drug-likeness (QED) is 0.112. The second-order valence-electron chi connectivity index (χ2n) is 9.34. The summed E-state index contributed by atoms with van der Waals surface area (Å²) >= 11 is 0. The monoisotopic (exact) mass is 566 g/mol. The van der Waals surface area contributed by atoms with Gasteiger partial charge in [-0.15, -0.1) is 0 Å². The lowest BCUT2D eigenvalue weighted by Crippen LogP contribution is -2.60. The predicted molar refractivity (Wildman–Crippen MR) is 130 cm³/mol. The second kappa shape index (κ2) is 12.7. The minimum atomic E-state index is -1.62. The van der Waals surface area contributed by atoms with Crippen LogP contribution in [0.4, 0.5) is 0 Å². The van der Waals surface area contributed by atoms with Crippen molar-refractivity contribution in [2.24, 2.45) is 0 Å². The molecule has 218 valence electrons. The molecular weight excluding hydrogens is 536 g/mol. The van der Waals surface area contributed by atoms with E-state index >= 15 is 0 Å². The van der Waals surface area contributed by atoms with E-state index in [-0.39, 0.29) is 22.6 Å². The van der Waals surface area contributed by atoms with Crippen LogP contribution in [0.15, 0.2) is 48.5 Å². The molecule has 2 heterocycles. The van der Waals surface area contributed by atoms with Gasteiger partial charge in [0.1, 0.15) is 60.3 Å². The molecule has 4 rings (SSSR count). The molecule has 0 spiro atoms. The Morgan fingerprint density at radius 2 is 0.875 bits per heavy atom. The van der Waals surface area contributed by atoms with Gasteiger partial charge < -0.3 is 59.8 Å². The molecule has 8 N–H and O–H groups in total. The predicted octanol–water partition coefficient (Wildman–Crippen LogP) is -2.89. The number of aliphatic hydroxyl groups is 8. The first-order valence-electron chi connectivity index (χ1n) is 12.3. The fraction of sp³-hybridized carbons (Fsp3) is 0.462. The highest BCUT2D eigenvalue weighted by Gasteiger charge is 2.45. The summed E-state index contributed by atoms with van der Waals surface area (Å²) in [5, 5.41) is 78.2. The fourth-order valence-corrected chi connectivity index (χ4v) is 4.23. The number of aliphatic hydroxyl groups excluding tert-OH is 8. The maximum atomic E-state index is 12.7. The van der Waals surface area contributed by atoms with Crippen molar-refractivity contribution >= 4 is 11.6 Å². The molecule has 2 aliphatic heterocycles. The molecule has 2 fully saturated rings. The zero-order valence-electron chi connectivity index (χ0n) is 20.8. The number of hydrogen-bond acceptors (Lipinski definition) is 14. The molecule has 0 aromatic heterocycles. The molecule has 2 saturated heterocycles. The highest BCUT2D eigenvalue weighted by atomic mass is 16.7. The third kappa shape index (κ3) is 6.16. The lowest BCUT2D eigenvalue weighted by molar-refractivity contribution is -0.277. The number of ketones is 2. The summed E-state index contributed by atoms with van der Waals surface area (Å²) in [5.74, 6) is -1.46. The van der Waals surface area contributed by atoms with Crippen LogP contribution in [0.1, 0.15) is 20.7 Å². The highest BCUT2D eigenvalue weighted by molar-refractivity contribution is 6.49. The van der Waals surface area contributed by atoms with Crippen LogP contribution >= 0.6 is 0 Å². The van der Waals surface area contributed by atoms with Crippen molar-refractivity contribution in [3.8, 4) is 11.5 Å². The first-order valence-corrected chi connectivity index (χ1v) is 12.3. The number of rotatable bonds is 9. The minimum absolute atomic E-state index is 0.0211. The zero-order chi connectivity index (χ0) is 29.1. The summed E-state index contributed by atoms with van der Waals surface area (Å²) in [7, 11) is 0. The van der Waals surface area contributed by atoms with Gasteiger partial charge in [-0.1, -0.05) is 0 Å². The minimum Gasteiger partial charge on any atom is -0.462 e. The first kappa shape index (κ1) is 30.0. The summed E-state index contributed by atoms with van der Waals surface area (Å²) in [4.78, 5) is 25.5. The van der Waals surface area contributed by atoms with Crippen LogP contribution in [-0.4, -0.2) is 127 Å². The normalized spacial score (nSPS) is 34.2. The van der Waals surface area contributed by atoms with E-state index in [1.807, 2.05) is 0 Å². The van der Waals surface area contributed by atoms with E-state index in [1.165, 1.54) is 48.5 Å². The van der Waals surface area contributed by atoms with Gasteiger partial charge in [-0.3, -0.25) is 9.59 Å². The summed E-state index contributed by atoms with van der Waals surface area (Å²) in [6.07, 6.45) is -14.7. The van der Waals surface area contributed by atoms with Gasteiger partial charge in [-0.05, 0) is 48.5 Å². The molecular formula is C26H30O14. The lowest BCUT2D eigenvalue weighted by atomic mass is 9.99. The Hall–Kier alpha value is -3.02. The van der Waals surface area contributed by atoms with Gasteiger partial charge in [0.15, 0.2) is 0 Å². The van der Waals surface area contributed by atoms with Gasteiger partial charge in [0, 0.05) is 11.1 Å². The van der Waals surface area contributed by atoms with Crippen molar-refractivity contribution in [1.82, 2.24) is 0 Å². The van der Waals surface area contributed by atoms with Crippen LogP contribution in [0.3, 0.4) is 0 Å². The van der Waals surface area contributed by atoms with Gasteiger partial charge in [0.05, 0.1) is 13.2 Å². The summed E-state index contributed by atoms with van der Waals surface area (Å²) in [5.41, 5.74) is 0.0422. The standard InChI is InChI=1S/C26H30O14/c27-9-15-19(31)21(33)23(35)25(39-15)37-13-5-1-11(2-6-13)17(29)18(30)12-3-7-14(8-4-12)38-26-24(36)22(34)20(32)16(10-28)40-26/h1-8,15-16,19-28,31-36H,9-10H2/t15-,16-,19-,20-,21+,22+,23-,24-,25-,26-/m1/s1. The van der Waals surface area contributed by atoms with Crippen LogP contribution in [-0.2, 0) is 9.47 Å². The molecule has 0 unspecified atom stereocenters. The van der Waals surface area contributed by atoms with Crippen LogP contribution in [0.25, 0.3) is 0 Å². The molecule has 40 heavy (non-hydrogen) atoms. The van der Waals surface area contributed by atoms with E-state index < -0.39 is 86.2 Å².